The fraction of sp³-hybridized carbons (Fsp3) is 0.462. The highest BCUT2D eigenvalue weighted by molar-refractivity contribution is 5.91. The lowest BCUT2D eigenvalue weighted by molar-refractivity contribution is 0.0734. The van der Waals surface area contributed by atoms with Gasteiger partial charge in [0, 0.05) is 43.2 Å². The number of rotatable bonds is 10. The zero-order chi connectivity index (χ0) is 29.8. The molecule has 44 heavy (non-hydrogen) atoms. The van der Waals surface area contributed by atoms with E-state index in [1.54, 1.807) is 23.3 Å². The molecule has 0 saturated carbocycles. The Kier molecular flexibility index (Phi) is 8.86. The van der Waals surface area contributed by atoms with Crippen molar-refractivity contribution in [1.29, 1.82) is 0 Å². The topological polar surface area (TPSA) is 36.0 Å². The summed E-state index contributed by atoms with van der Waals surface area (Å²) in [6, 6.07) is 28.7. The van der Waals surface area contributed by atoms with Gasteiger partial charge < -0.3 is 19.4 Å². The molecule has 5 nitrogen and oxygen atoms in total. The number of esters is 1. The summed E-state index contributed by atoms with van der Waals surface area (Å²) < 4.78 is 5.49. The summed E-state index contributed by atoms with van der Waals surface area (Å²) in [6.07, 6.45) is 11.8. The Labute approximate surface area is 263 Å². The molecule has 0 amide bonds. The van der Waals surface area contributed by atoms with Gasteiger partial charge in [0.25, 0.3) is 0 Å². The average molecular weight is 590 g/mol. The summed E-state index contributed by atoms with van der Waals surface area (Å²) in [6.45, 7) is 9.51. The number of nitrogens with zero attached hydrogens (tertiary/aromatic N) is 3. The maximum absolute atomic E-state index is 12.5. The molecular weight excluding hydrogens is 542 g/mol. The number of ether oxygens (including phenoxy) is 1. The van der Waals surface area contributed by atoms with E-state index in [2.05, 4.69) is 63.2 Å². The molecule has 1 aliphatic carbocycles. The number of carbonyl (C=O) groups is 1. The van der Waals surface area contributed by atoms with Gasteiger partial charge in [-0.2, -0.15) is 0 Å². The number of piperidine rings is 1. The number of carbonyl (C=O) groups excluding carboxylic acids is 1. The Bertz CT molecular complexity index is 1400. The van der Waals surface area contributed by atoms with E-state index in [1.165, 1.54) is 89.9 Å². The molecule has 3 saturated heterocycles. The van der Waals surface area contributed by atoms with Crippen molar-refractivity contribution < 1.29 is 9.53 Å². The molecule has 3 aliphatic heterocycles. The second-order valence-corrected chi connectivity index (χ2v) is 13.5. The van der Waals surface area contributed by atoms with Gasteiger partial charge in [0.1, 0.15) is 5.75 Å². The van der Waals surface area contributed by atoms with E-state index in [1.807, 2.05) is 30.3 Å². The van der Waals surface area contributed by atoms with E-state index < -0.39 is 0 Å². The van der Waals surface area contributed by atoms with Crippen LogP contribution in [0.1, 0.15) is 60.9 Å². The van der Waals surface area contributed by atoms with Crippen LogP contribution >= 0.6 is 0 Å². The number of hydrogen-bond acceptors (Lipinski definition) is 5. The molecule has 230 valence electrons. The lowest BCUT2D eigenvalue weighted by Crippen LogP contribution is -2.54. The minimum Gasteiger partial charge on any atom is -0.423 e. The van der Waals surface area contributed by atoms with Crippen LogP contribution in [-0.4, -0.2) is 68.1 Å². The Morgan fingerprint density at radius 1 is 0.773 bits per heavy atom. The minimum absolute atomic E-state index is 0.168. The van der Waals surface area contributed by atoms with Gasteiger partial charge in [-0.15, -0.1) is 0 Å². The SMILES string of the molecule is O=C(Oc1ccccc1)c1ccc(N2CC(CN3CCC(C(CN4CCCC4)(C4=CCCC4)c4ccccc4)CC3)C2)cc1. The van der Waals surface area contributed by atoms with Gasteiger partial charge in [-0.3, -0.25) is 0 Å². The molecular formula is C39H47N3O2. The summed E-state index contributed by atoms with van der Waals surface area (Å²) in [4.78, 5) is 20.5. The van der Waals surface area contributed by atoms with E-state index in [0.29, 0.717) is 23.1 Å². The molecule has 5 heteroatoms. The van der Waals surface area contributed by atoms with Crippen LogP contribution in [-0.2, 0) is 5.41 Å². The Morgan fingerprint density at radius 3 is 2.11 bits per heavy atom. The summed E-state index contributed by atoms with van der Waals surface area (Å²) in [5.74, 6) is 1.67. The van der Waals surface area contributed by atoms with Crippen LogP contribution in [0.15, 0.2) is 96.6 Å². The van der Waals surface area contributed by atoms with Gasteiger partial charge in [0.15, 0.2) is 0 Å². The van der Waals surface area contributed by atoms with Gasteiger partial charge in [0.2, 0.25) is 0 Å². The van der Waals surface area contributed by atoms with Crippen molar-refractivity contribution in [1.82, 2.24) is 9.80 Å². The monoisotopic (exact) mass is 589 g/mol. The van der Waals surface area contributed by atoms with Crippen LogP contribution in [0, 0.1) is 11.8 Å². The second-order valence-electron chi connectivity index (χ2n) is 13.5. The third kappa shape index (κ3) is 6.23. The van der Waals surface area contributed by atoms with Crippen LogP contribution in [0.2, 0.25) is 0 Å². The van der Waals surface area contributed by atoms with E-state index >= 15 is 0 Å². The first kappa shape index (κ1) is 29.3. The zero-order valence-corrected chi connectivity index (χ0v) is 26.1. The molecule has 3 aromatic rings. The number of anilines is 1. The molecule has 3 heterocycles. The van der Waals surface area contributed by atoms with Crippen LogP contribution in [0.4, 0.5) is 5.69 Å². The average Bonchev–Trinajstić information content (AvgIpc) is 3.78. The molecule has 1 atom stereocenters. The molecule has 0 radical (unpaired) electrons. The van der Waals surface area contributed by atoms with Crippen molar-refractivity contribution in [3.05, 3.63) is 108 Å². The van der Waals surface area contributed by atoms with Gasteiger partial charge in [-0.1, -0.05) is 60.2 Å². The highest BCUT2D eigenvalue weighted by Crippen LogP contribution is 2.49. The molecule has 0 N–H and O–H groups in total. The summed E-state index contributed by atoms with van der Waals surface area (Å²) in [7, 11) is 0. The largest absolute Gasteiger partial charge is 0.423 e. The third-order valence-corrected chi connectivity index (χ3v) is 10.8. The van der Waals surface area contributed by atoms with Gasteiger partial charge in [-0.05, 0) is 119 Å². The molecule has 0 aromatic heterocycles. The smallest absolute Gasteiger partial charge is 0.343 e. The lowest BCUT2D eigenvalue weighted by Gasteiger charge is -2.49. The van der Waals surface area contributed by atoms with Gasteiger partial charge in [-0.25, -0.2) is 4.79 Å². The Morgan fingerprint density at radius 2 is 1.45 bits per heavy atom. The Balaban J connectivity index is 0.948. The standard InChI is InChI=1S/C39H47N3O2/c43-38(44-37-15-5-2-6-16-37)32-17-19-36(20-18-32)42-28-31(29-42)27-40-25-21-35(22-26-40)39(34-13-7-8-14-34,30-41-23-9-10-24-41)33-11-3-1-4-12-33/h1-6,11-13,15-20,31,35H,7-10,14,21-30H2. The number of allylic oxidation sites excluding steroid dienone is 1. The molecule has 1 unspecified atom stereocenters. The fourth-order valence-corrected chi connectivity index (χ4v) is 8.44. The first-order valence-corrected chi connectivity index (χ1v) is 17.0. The van der Waals surface area contributed by atoms with Crippen LogP contribution in [0.5, 0.6) is 5.75 Å². The van der Waals surface area contributed by atoms with E-state index in [0.717, 1.165) is 13.1 Å². The first-order valence-electron chi connectivity index (χ1n) is 17.0. The molecule has 3 fully saturated rings. The number of hydrogen-bond donors (Lipinski definition) is 0. The van der Waals surface area contributed by atoms with Gasteiger partial charge >= 0.3 is 5.97 Å². The highest BCUT2D eigenvalue weighted by Gasteiger charge is 2.46. The number of para-hydroxylation sites is 1. The number of benzene rings is 3. The van der Waals surface area contributed by atoms with Crippen molar-refractivity contribution in [2.24, 2.45) is 11.8 Å². The van der Waals surface area contributed by atoms with E-state index in [4.69, 9.17) is 4.74 Å². The minimum atomic E-state index is -0.312. The Hall–Kier alpha value is -3.41. The zero-order valence-electron chi connectivity index (χ0n) is 26.1. The molecule has 4 aliphatic rings. The van der Waals surface area contributed by atoms with Crippen molar-refractivity contribution >= 4 is 11.7 Å². The predicted molar refractivity (Wildman–Crippen MR) is 178 cm³/mol. The van der Waals surface area contributed by atoms with Crippen LogP contribution in [0.3, 0.4) is 0 Å². The third-order valence-electron chi connectivity index (χ3n) is 10.8. The first-order chi connectivity index (χ1) is 21.7. The fourth-order valence-electron chi connectivity index (χ4n) is 8.44. The quantitative estimate of drug-likeness (QED) is 0.142. The van der Waals surface area contributed by atoms with Crippen LogP contribution < -0.4 is 9.64 Å². The molecule has 0 spiro atoms. The summed E-state index contributed by atoms with van der Waals surface area (Å²) in [5, 5.41) is 0. The second kappa shape index (κ2) is 13.3. The number of likely N-dealkylation sites (tertiary alicyclic amines) is 2. The van der Waals surface area contributed by atoms with Crippen molar-refractivity contribution in [2.75, 3.05) is 57.3 Å². The maximum atomic E-state index is 12.5. The highest BCUT2D eigenvalue weighted by atomic mass is 16.5. The van der Waals surface area contributed by atoms with Crippen molar-refractivity contribution in [3.8, 4) is 5.75 Å². The van der Waals surface area contributed by atoms with Crippen molar-refractivity contribution in [3.63, 3.8) is 0 Å². The molecule has 3 aromatic carbocycles. The maximum Gasteiger partial charge on any atom is 0.343 e. The normalized spacial score (nSPS) is 21.5. The van der Waals surface area contributed by atoms with E-state index in [-0.39, 0.29) is 11.4 Å². The van der Waals surface area contributed by atoms with Crippen LogP contribution in [0.25, 0.3) is 0 Å². The predicted octanol–water partition coefficient (Wildman–Crippen LogP) is 7.20. The summed E-state index contributed by atoms with van der Waals surface area (Å²) >= 11 is 0. The van der Waals surface area contributed by atoms with E-state index in [9.17, 15) is 4.79 Å². The van der Waals surface area contributed by atoms with Crippen molar-refractivity contribution in [2.45, 2.75) is 50.4 Å². The molecule has 7 rings (SSSR count). The van der Waals surface area contributed by atoms with Gasteiger partial charge in [0.05, 0.1) is 5.56 Å². The molecule has 0 bridgehead atoms. The summed E-state index contributed by atoms with van der Waals surface area (Å²) in [5.41, 5.74) is 5.24. The lowest BCUT2D eigenvalue weighted by atomic mass is 9.61.